The first-order chi connectivity index (χ1) is 13.6. The SMILES string of the molecule is CCn1c(-c2ccc(NC(=O)OCCCl)cc2)c(C#N)c2ccc(OC)cc21. The molecule has 0 unspecified atom stereocenters. The minimum absolute atomic E-state index is 0.150. The number of aromatic nitrogens is 1. The van der Waals surface area contributed by atoms with E-state index in [0.717, 1.165) is 27.9 Å². The van der Waals surface area contributed by atoms with Crippen LogP contribution in [0.3, 0.4) is 0 Å². The van der Waals surface area contributed by atoms with E-state index in [1.807, 2.05) is 37.3 Å². The number of nitriles is 1. The summed E-state index contributed by atoms with van der Waals surface area (Å²) in [6.07, 6.45) is -0.555. The predicted molar refractivity (Wildman–Crippen MR) is 110 cm³/mol. The predicted octanol–water partition coefficient (Wildman–Crippen LogP) is 5.00. The maximum atomic E-state index is 11.7. The summed E-state index contributed by atoms with van der Waals surface area (Å²) >= 11 is 5.51. The van der Waals surface area contributed by atoms with Crippen LogP contribution in [0.2, 0.25) is 0 Å². The standard InChI is InChI=1S/C21H20ClN3O3/c1-3-25-19-12-16(27-2)8-9-17(19)18(13-23)20(25)14-4-6-15(7-5-14)24-21(26)28-11-10-22/h4-9,12H,3,10-11H2,1-2H3,(H,24,26). The molecule has 0 saturated carbocycles. The third kappa shape index (κ3) is 3.75. The van der Waals surface area contributed by atoms with Gasteiger partial charge in [-0.1, -0.05) is 12.1 Å². The Labute approximate surface area is 168 Å². The number of halogens is 1. The van der Waals surface area contributed by atoms with Gasteiger partial charge >= 0.3 is 6.09 Å². The van der Waals surface area contributed by atoms with Crippen LogP contribution in [0.5, 0.6) is 5.75 Å². The average Bonchev–Trinajstić information content (AvgIpc) is 3.05. The summed E-state index contributed by atoms with van der Waals surface area (Å²) in [6, 6.07) is 15.3. The van der Waals surface area contributed by atoms with E-state index in [4.69, 9.17) is 21.1 Å². The number of nitrogens with zero attached hydrogens (tertiary/aromatic N) is 2. The molecule has 3 aromatic rings. The van der Waals surface area contributed by atoms with Crippen molar-refractivity contribution >= 4 is 34.3 Å². The molecular formula is C21H20ClN3O3. The molecule has 1 amide bonds. The summed E-state index contributed by atoms with van der Waals surface area (Å²) in [6.45, 7) is 2.88. The van der Waals surface area contributed by atoms with E-state index in [2.05, 4.69) is 16.0 Å². The fraction of sp³-hybridized carbons (Fsp3) is 0.238. The highest BCUT2D eigenvalue weighted by Crippen LogP contribution is 2.35. The lowest BCUT2D eigenvalue weighted by Crippen LogP contribution is -2.14. The van der Waals surface area contributed by atoms with Gasteiger partial charge in [0, 0.05) is 23.7 Å². The fourth-order valence-corrected chi connectivity index (χ4v) is 3.27. The molecule has 0 radical (unpaired) electrons. The molecule has 1 heterocycles. The minimum Gasteiger partial charge on any atom is -0.497 e. The first-order valence-electron chi connectivity index (χ1n) is 8.83. The summed E-state index contributed by atoms with van der Waals surface area (Å²) in [4.78, 5) is 11.7. The Balaban J connectivity index is 2.01. The summed E-state index contributed by atoms with van der Waals surface area (Å²) in [5, 5.41) is 13.3. The molecule has 0 atom stereocenters. The van der Waals surface area contributed by atoms with E-state index in [0.29, 0.717) is 17.8 Å². The molecule has 7 heteroatoms. The van der Waals surface area contributed by atoms with E-state index in [9.17, 15) is 10.1 Å². The quantitative estimate of drug-likeness (QED) is 0.594. The monoisotopic (exact) mass is 397 g/mol. The number of aryl methyl sites for hydroxylation is 1. The van der Waals surface area contributed by atoms with Gasteiger partial charge in [0.25, 0.3) is 0 Å². The summed E-state index contributed by atoms with van der Waals surface area (Å²) in [5.41, 5.74) is 3.88. The number of carbonyl (C=O) groups excluding carboxylic acids is 1. The van der Waals surface area contributed by atoms with Crippen LogP contribution >= 0.6 is 11.6 Å². The number of rotatable bonds is 6. The third-order valence-corrected chi connectivity index (χ3v) is 4.57. The van der Waals surface area contributed by atoms with Crippen LogP contribution in [-0.2, 0) is 11.3 Å². The Morgan fingerprint density at radius 3 is 2.61 bits per heavy atom. The van der Waals surface area contributed by atoms with E-state index >= 15 is 0 Å². The van der Waals surface area contributed by atoms with Crippen LogP contribution in [0.25, 0.3) is 22.2 Å². The second-order valence-corrected chi connectivity index (χ2v) is 6.37. The zero-order valence-corrected chi connectivity index (χ0v) is 16.4. The molecule has 0 bridgehead atoms. The molecule has 0 aliphatic rings. The van der Waals surface area contributed by atoms with Crippen LogP contribution in [0, 0.1) is 11.3 Å². The topological polar surface area (TPSA) is 76.3 Å². The summed E-state index contributed by atoms with van der Waals surface area (Å²) in [7, 11) is 1.62. The van der Waals surface area contributed by atoms with Crippen molar-refractivity contribution in [2.75, 3.05) is 24.9 Å². The highest BCUT2D eigenvalue weighted by molar-refractivity contribution is 6.18. The molecule has 0 spiro atoms. The van der Waals surface area contributed by atoms with Crippen molar-refractivity contribution in [3.05, 3.63) is 48.0 Å². The number of hydrogen-bond donors (Lipinski definition) is 1. The van der Waals surface area contributed by atoms with Gasteiger partial charge in [0.05, 0.1) is 29.8 Å². The van der Waals surface area contributed by atoms with Crippen molar-refractivity contribution in [1.29, 1.82) is 5.26 Å². The second-order valence-electron chi connectivity index (χ2n) is 5.99. The minimum atomic E-state index is -0.555. The van der Waals surface area contributed by atoms with Gasteiger partial charge in [0.1, 0.15) is 18.4 Å². The number of fused-ring (bicyclic) bond motifs is 1. The highest BCUT2D eigenvalue weighted by Gasteiger charge is 2.18. The van der Waals surface area contributed by atoms with Gasteiger partial charge in [0.15, 0.2) is 0 Å². The van der Waals surface area contributed by atoms with Crippen LogP contribution in [0.4, 0.5) is 10.5 Å². The Kier molecular flexibility index (Phi) is 6.07. The molecule has 2 aromatic carbocycles. The van der Waals surface area contributed by atoms with E-state index in [1.165, 1.54) is 0 Å². The maximum absolute atomic E-state index is 11.7. The number of alkyl halides is 1. The molecule has 28 heavy (non-hydrogen) atoms. The number of benzene rings is 2. The Bertz CT molecular complexity index is 1040. The number of carbonyl (C=O) groups is 1. The molecule has 3 rings (SSSR count). The van der Waals surface area contributed by atoms with Crippen LogP contribution < -0.4 is 10.1 Å². The molecule has 6 nitrogen and oxygen atoms in total. The average molecular weight is 398 g/mol. The fourth-order valence-electron chi connectivity index (χ4n) is 3.19. The van der Waals surface area contributed by atoms with Crippen LogP contribution in [0.1, 0.15) is 12.5 Å². The van der Waals surface area contributed by atoms with Crippen molar-refractivity contribution < 1.29 is 14.3 Å². The molecule has 0 fully saturated rings. The van der Waals surface area contributed by atoms with Gasteiger partial charge in [-0.15, -0.1) is 11.6 Å². The number of nitrogens with one attached hydrogen (secondary N) is 1. The normalized spacial score (nSPS) is 10.5. The van der Waals surface area contributed by atoms with Crippen molar-refractivity contribution in [1.82, 2.24) is 4.57 Å². The highest BCUT2D eigenvalue weighted by atomic mass is 35.5. The Morgan fingerprint density at radius 2 is 2.00 bits per heavy atom. The summed E-state index contributed by atoms with van der Waals surface area (Å²) < 4.78 is 12.3. The van der Waals surface area contributed by atoms with Crippen molar-refractivity contribution in [3.63, 3.8) is 0 Å². The number of methoxy groups -OCH3 is 1. The van der Waals surface area contributed by atoms with Crippen LogP contribution in [0.15, 0.2) is 42.5 Å². The molecule has 0 aliphatic heterocycles. The third-order valence-electron chi connectivity index (χ3n) is 4.41. The van der Waals surface area contributed by atoms with Crippen molar-refractivity contribution in [2.24, 2.45) is 0 Å². The van der Waals surface area contributed by atoms with Crippen LogP contribution in [-0.4, -0.2) is 30.3 Å². The molecule has 1 aromatic heterocycles. The van der Waals surface area contributed by atoms with Gasteiger partial charge in [-0.05, 0) is 36.8 Å². The lowest BCUT2D eigenvalue weighted by molar-refractivity contribution is 0.168. The van der Waals surface area contributed by atoms with Gasteiger partial charge in [-0.2, -0.15) is 5.26 Å². The molecule has 0 aliphatic carbocycles. The van der Waals surface area contributed by atoms with E-state index < -0.39 is 6.09 Å². The zero-order valence-electron chi connectivity index (χ0n) is 15.7. The van der Waals surface area contributed by atoms with E-state index in [-0.39, 0.29) is 12.5 Å². The number of ether oxygens (including phenoxy) is 2. The molecular weight excluding hydrogens is 378 g/mol. The first kappa shape index (κ1) is 19.6. The lowest BCUT2D eigenvalue weighted by Gasteiger charge is -2.10. The van der Waals surface area contributed by atoms with Crippen molar-refractivity contribution in [2.45, 2.75) is 13.5 Å². The first-order valence-corrected chi connectivity index (χ1v) is 9.36. The largest absolute Gasteiger partial charge is 0.497 e. The van der Waals surface area contributed by atoms with Gasteiger partial charge in [-0.3, -0.25) is 5.32 Å². The number of hydrogen-bond acceptors (Lipinski definition) is 4. The smallest absolute Gasteiger partial charge is 0.411 e. The lowest BCUT2D eigenvalue weighted by atomic mass is 10.1. The Hall–Kier alpha value is -3.17. The number of amides is 1. The van der Waals surface area contributed by atoms with Gasteiger partial charge in [0.2, 0.25) is 0 Å². The van der Waals surface area contributed by atoms with Gasteiger partial charge < -0.3 is 14.0 Å². The van der Waals surface area contributed by atoms with Gasteiger partial charge in [-0.25, -0.2) is 4.79 Å². The van der Waals surface area contributed by atoms with Crippen molar-refractivity contribution in [3.8, 4) is 23.1 Å². The maximum Gasteiger partial charge on any atom is 0.411 e. The molecule has 1 N–H and O–H groups in total. The molecule has 0 saturated heterocycles. The second kappa shape index (κ2) is 8.68. The Morgan fingerprint density at radius 1 is 1.25 bits per heavy atom. The zero-order chi connectivity index (χ0) is 20.1. The summed E-state index contributed by atoms with van der Waals surface area (Å²) in [5.74, 6) is 0.987. The number of anilines is 1. The molecule has 144 valence electrons. The van der Waals surface area contributed by atoms with E-state index in [1.54, 1.807) is 19.2 Å².